The molecule has 3 rings (SSSR count). The number of carbonyl (C=O) groups excluding carboxylic acids is 1. The second-order valence-electron chi connectivity index (χ2n) is 7.26. The number of nitrogens with one attached hydrogen (secondary N) is 1. The van der Waals surface area contributed by atoms with E-state index in [9.17, 15) is 4.79 Å². The van der Waals surface area contributed by atoms with Crippen LogP contribution in [0.15, 0.2) is 18.3 Å². The summed E-state index contributed by atoms with van der Waals surface area (Å²) < 4.78 is 17.4. The summed E-state index contributed by atoms with van der Waals surface area (Å²) >= 11 is 0. The van der Waals surface area contributed by atoms with Crippen LogP contribution in [0.25, 0.3) is 0 Å². The zero-order valence-corrected chi connectivity index (χ0v) is 14.6. The number of hydrogen-bond donors (Lipinski definition) is 1. The topological polar surface area (TPSA) is 69.7 Å². The van der Waals surface area contributed by atoms with Gasteiger partial charge < -0.3 is 19.5 Å². The van der Waals surface area contributed by atoms with Crippen molar-refractivity contribution in [2.45, 2.75) is 58.3 Å². The van der Waals surface area contributed by atoms with E-state index in [4.69, 9.17) is 14.2 Å². The number of rotatable bonds is 4. The predicted molar refractivity (Wildman–Crippen MR) is 89.8 cm³/mol. The van der Waals surface area contributed by atoms with Crippen LogP contribution in [0.1, 0.15) is 46.5 Å². The third-order valence-corrected chi connectivity index (χ3v) is 4.57. The van der Waals surface area contributed by atoms with Crippen LogP contribution < -0.4 is 10.1 Å². The van der Waals surface area contributed by atoms with Gasteiger partial charge in [-0.05, 0) is 39.7 Å². The van der Waals surface area contributed by atoms with Gasteiger partial charge >= 0.3 is 0 Å². The Kier molecular flexibility index (Phi) is 4.78. The van der Waals surface area contributed by atoms with Gasteiger partial charge in [0.05, 0.1) is 36.6 Å². The number of anilines is 1. The third kappa shape index (κ3) is 3.70. The van der Waals surface area contributed by atoms with Gasteiger partial charge in [0, 0.05) is 18.9 Å². The molecule has 2 aliphatic rings. The highest BCUT2D eigenvalue weighted by Gasteiger charge is 2.47. The van der Waals surface area contributed by atoms with Crippen LogP contribution >= 0.6 is 0 Å². The molecule has 0 unspecified atom stereocenters. The summed E-state index contributed by atoms with van der Waals surface area (Å²) in [4.78, 5) is 16.8. The Balaban J connectivity index is 1.58. The number of amides is 1. The summed E-state index contributed by atoms with van der Waals surface area (Å²) in [6.45, 7) is 6.51. The molecule has 24 heavy (non-hydrogen) atoms. The van der Waals surface area contributed by atoms with Gasteiger partial charge in [-0.1, -0.05) is 0 Å². The number of carbonyl (C=O) groups is 1. The summed E-state index contributed by atoms with van der Waals surface area (Å²) in [5, 5.41) is 2.89. The fraction of sp³-hybridized carbons (Fsp3) is 0.667. The molecule has 6 heteroatoms. The molecule has 1 saturated carbocycles. The first-order valence-electron chi connectivity index (χ1n) is 8.63. The van der Waals surface area contributed by atoms with Gasteiger partial charge in [-0.15, -0.1) is 0 Å². The van der Waals surface area contributed by atoms with Crippen LogP contribution in [-0.4, -0.2) is 36.0 Å². The number of pyridine rings is 1. The molecule has 1 aromatic rings. The van der Waals surface area contributed by atoms with Crippen LogP contribution in [-0.2, 0) is 14.3 Å². The highest BCUT2D eigenvalue weighted by atomic mass is 16.7. The van der Waals surface area contributed by atoms with Gasteiger partial charge in [0.15, 0.2) is 5.79 Å². The Hall–Kier alpha value is -1.66. The van der Waals surface area contributed by atoms with E-state index in [2.05, 4.69) is 10.3 Å². The zero-order chi connectivity index (χ0) is 17.2. The largest absolute Gasteiger partial charge is 0.475 e. The van der Waals surface area contributed by atoms with Gasteiger partial charge in [-0.2, -0.15) is 0 Å². The Morgan fingerprint density at radius 2 is 1.92 bits per heavy atom. The molecule has 1 spiro atoms. The summed E-state index contributed by atoms with van der Waals surface area (Å²) in [6.07, 6.45) is 5.76. The van der Waals surface area contributed by atoms with Gasteiger partial charge in [-0.3, -0.25) is 4.79 Å². The van der Waals surface area contributed by atoms with Crippen molar-refractivity contribution >= 4 is 11.6 Å². The van der Waals surface area contributed by atoms with E-state index in [1.807, 2.05) is 20.8 Å². The van der Waals surface area contributed by atoms with Crippen LogP contribution in [0, 0.1) is 5.41 Å². The van der Waals surface area contributed by atoms with Crippen molar-refractivity contribution in [2.24, 2.45) is 5.41 Å². The van der Waals surface area contributed by atoms with Gasteiger partial charge in [-0.25, -0.2) is 4.98 Å². The van der Waals surface area contributed by atoms with Crippen molar-refractivity contribution in [3.05, 3.63) is 18.3 Å². The van der Waals surface area contributed by atoms with Crippen molar-refractivity contribution in [2.75, 3.05) is 18.5 Å². The van der Waals surface area contributed by atoms with E-state index in [0.29, 0.717) is 24.8 Å². The molecule has 0 aromatic carbocycles. The summed E-state index contributed by atoms with van der Waals surface area (Å²) in [5.41, 5.74) is -0.0560. The number of aromatic nitrogens is 1. The molecular weight excluding hydrogens is 308 g/mol. The van der Waals surface area contributed by atoms with Crippen molar-refractivity contribution in [1.82, 2.24) is 4.98 Å². The Morgan fingerprint density at radius 3 is 2.46 bits per heavy atom. The average molecular weight is 334 g/mol. The summed E-state index contributed by atoms with van der Waals surface area (Å²) in [6, 6.07) is 3.54. The lowest BCUT2D eigenvalue weighted by Gasteiger charge is -2.42. The molecule has 132 valence electrons. The highest BCUT2D eigenvalue weighted by molar-refractivity contribution is 5.95. The molecular formula is C18H26N2O4. The molecule has 0 radical (unpaired) electrons. The van der Waals surface area contributed by atoms with Crippen molar-refractivity contribution in [3.8, 4) is 5.88 Å². The Labute approximate surface area is 142 Å². The lowest BCUT2D eigenvalue weighted by molar-refractivity contribution is -0.291. The smallest absolute Gasteiger partial charge is 0.235 e. The molecule has 1 aliphatic carbocycles. The van der Waals surface area contributed by atoms with E-state index in [-0.39, 0.29) is 12.0 Å². The van der Waals surface area contributed by atoms with Crippen LogP contribution in [0.4, 0.5) is 5.69 Å². The number of hydrogen-bond acceptors (Lipinski definition) is 5. The number of ether oxygens (including phenoxy) is 3. The summed E-state index contributed by atoms with van der Waals surface area (Å²) in [7, 11) is 0. The maximum absolute atomic E-state index is 12.6. The predicted octanol–water partition coefficient (Wildman–Crippen LogP) is 3.13. The minimum atomic E-state index is -0.694. The van der Waals surface area contributed by atoms with Crippen LogP contribution in [0.2, 0.25) is 0 Å². The number of nitrogens with zero attached hydrogens (tertiary/aromatic N) is 1. The molecule has 1 aliphatic heterocycles. The van der Waals surface area contributed by atoms with Crippen molar-refractivity contribution in [1.29, 1.82) is 0 Å². The molecule has 2 heterocycles. The minimum Gasteiger partial charge on any atom is -0.475 e. The molecule has 1 amide bonds. The van der Waals surface area contributed by atoms with E-state index in [1.165, 1.54) is 0 Å². The lowest BCUT2D eigenvalue weighted by Crippen LogP contribution is -2.52. The van der Waals surface area contributed by atoms with Crippen molar-refractivity contribution in [3.63, 3.8) is 0 Å². The fourth-order valence-corrected chi connectivity index (χ4v) is 3.05. The highest BCUT2D eigenvalue weighted by Crippen LogP contribution is 2.40. The Morgan fingerprint density at radius 1 is 1.25 bits per heavy atom. The zero-order valence-electron chi connectivity index (χ0n) is 14.6. The second-order valence-corrected chi connectivity index (χ2v) is 7.26. The molecule has 2 fully saturated rings. The first kappa shape index (κ1) is 17.2. The minimum absolute atomic E-state index is 0.0660. The molecule has 1 aromatic heterocycles. The van der Waals surface area contributed by atoms with Crippen molar-refractivity contribution < 1.29 is 19.0 Å². The summed E-state index contributed by atoms with van der Waals surface area (Å²) in [5.74, 6) is -0.0200. The standard InChI is InChI=1S/C18H26N2O4/c1-13(2)24-15-7-6-14(10-19-15)20-16(21)17(3)11-22-18(23-12-17)8-4-5-9-18/h6-7,10,13H,4-5,8-9,11-12H2,1-3H3,(H,20,21). The monoisotopic (exact) mass is 334 g/mol. The van der Waals surface area contributed by atoms with E-state index in [0.717, 1.165) is 25.7 Å². The SMILES string of the molecule is CC(C)Oc1ccc(NC(=O)C2(C)COC3(CCCC3)OC2)cn1. The van der Waals surface area contributed by atoms with Crippen LogP contribution in [0.5, 0.6) is 5.88 Å². The molecule has 1 saturated heterocycles. The maximum Gasteiger partial charge on any atom is 0.235 e. The molecule has 6 nitrogen and oxygen atoms in total. The van der Waals surface area contributed by atoms with Gasteiger partial charge in [0.1, 0.15) is 0 Å². The average Bonchev–Trinajstić information content (AvgIpc) is 3.01. The Bertz CT molecular complexity index is 569. The molecule has 0 bridgehead atoms. The van der Waals surface area contributed by atoms with Gasteiger partial charge in [0.25, 0.3) is 0 Å². The maximum atomic E-state index is 12.6. The second kappa shape index (κ2) is 6.69. The first-order valence-corrected chi connectivity index (χ1v) is 8.63. The van der Waals surface area contributed by atoms with Gasteiger partial charge in [0.2, 0.25) is 11.8 Å². The van der Waals surface area contributed by atoms with E-state index >= 15 is 0 Å². The van der Waals surface area contributed by atoms with E-state index < -0.39 is 11.2 Å². The van der Waals surface area contributed by atoms with E-state index in [1.54, 1.807) is 18.3 Å². The quantitative estimate of drug-likeness (QED) is 0.916. The fourth-order valence-electron chi connectivity index (χ4n) is 3.05. The molecule has 0 atom stereocenters. The third-order valence-electron chi connectivity index (χ3n) is 4.57. The van der Waals surface area contributed by atoms with Crippen LogP contribution in [0.3, 0.4) is 0 Å². The first-order chi connectivity index (χ1) is 11.4. The lowest BCUT2D eigenvalue weighted by atomic mass is 9.90. The molecule has 1 N–H and O–H groups in total. The normalized spacial score (nSPS) is 21.8.